The van der Waals surface area contributed by atoms with E-state index >= 15 is 0 Å². The molecule has 0 bridgehead atoms. The fourth-order valence-electron chi connectivity index (χ4n) is 2.61. The summed E-state index contributed by atoms with van der Waals surface area (Å²) in [5, 5.41) is 2.79. The van der Waals surface area contributed by atoms with Gasteiger partial charge in [-0.25, -0.2) is 4.79 Å². The summed E-state index contributed by atoms with van der Waals surface area (Å²) in [6.07, 6.45) is 1.82. The van der Waals surface area contributed by atoms with E-state index in [0.717, 1.165) is 0 Å². The van der Waals surface area contributed by atoms with Crippen LogP contribution in [-0.2, 0) is 41.9 Å². The van der Waals surface area contributed by atoms with E-state index in [1.165, 1.54) is 45.6 Å². The van der Waals surface area contributed by atoms with Crippen LogP contribution in [0.1, 0.15) is 25.7 Å². The summed E-state index contributed by atoms with van der Waals surface area (Å²) in [5.41, 5.74) is 0. The largest absolute Gasteiger partial charge is 0.500 e. The van der Waals surface area contributed by atoms with E-state index in [0.29, 0.717) is 31.9 Å². The Hall–Kier alpha value is -2.25. The number of hydrogen-bond donors (Lipinski definition) is 1. The summed E-state index contributed by atoms with van der Waals surface area (Å²) >= 11 is 0. The van der Waals surface area contributed by atoms with Gasteiger partial charge in [-0.15, -0.1) is 0 Å². The van der Waals surface area contributed by atoms with E-state index in [4.69, 9.17) is 22.2 Å². The number of nitrogens with one attached hydrogen (secondary N) is 1. The molecule has 180 valence electrons. The summed E-state index contributed by atoms with van der Waals surface area (Å²) < 4.78 is 49.7. The van der Waals surface area contributed by atoms with Crippen LogP contribution < -0.4 is 5.32 Å². The average Bonchev–Trinajstić information content (AvgIpc) is 2.79. The first-order valence-electron chi connectivity index (χ1n) is 9.97. The minimum atomic E-state index is -4.15. The lowest BCUT2D eigenvalue weighted by Gasteiger charge is -2.24. The fourth-order valence-corrected chi connectivity index (χ4v) is 5.25. The smallest absolute Gasteiger partial charge is 0.460 e. The lowest BCUT2D eigenvalue weighted by Crippen LogP contribution is -2.43. The summed E-state index contributed by atoms with van der Waals surface area (Å²) in [5.74, 6) is -1.73. The summed E-state index contributed by atoms with van der Waals surface area (Å²) in [4.78, 5) is 23.6. The number of carbonyl (C=O) groups is 2. The maximum atomic E-state index is 12.1. The van der Waals surface area contributed by atoms with Gasteiger partial charge in [-0.3, -0.25) is 4.79 Å². The first kappa shape index (κ1) is 27.8. The summed E-state index contributed by atoms with van der Waals surface area (Å²) in [6.45, 7) is 3.77. The van der Waals surface area contributed by atoms with E-state index in [9.17, 15) is 18.0 Å². The third-order valence-corrected chi connectivity index (χ3v) is 8.52. The zero-order valence-electron chi connectivity index (χ0n) is 18.6. The number of benzene rings is 1. The highest BCUT2D eigenvalue weighted by atomic mass is 32.2. The van der Waals surface area contributed by atoms with Crippen molar-refractivity contribution in [3.05, 3.63) is 42.7 Å². The second kappa shape index (κ2) is 14.0. The van der Waals surface area contributed by atoms with Crippen molar-refractivity contribution >= 4 is 30.8 Å². The van der Waals surface area contributed by atoms with Crippen LogP contribution in [0.5, 0.6) is 0 Å². The Bertz CT molecular complexity index is 834. The molecule has 1 N–H and O–H groups in total. The lowest BCUT2D eigenvalue weighted by molar-refractivity contribution is -0.141. The van der Waals surface area contributed by atoms with Crippen molar-refractivity contribution in [3.8, 4) is 0 Å². The third kappa shape index (κ3) is 9.49. The quantitative estimate of drug-likeness (QED) is 0.0926. The molecule has 0 aliphatic heterocycles. The molecule has 0 aromatic heterocycles. The second-order valence-electron chi connectivity index (χ2n) is 6.62. The minimum Gasteiger partial charge on any atom is -0.460 e. The lowest BCUT2D eigenvalue weighted by atomic mass is 10.2. The van der Waals surface area contributed by atoms with Crippen LogP contribution >= 0.6 is 0 Å². The number of esters is 1. The molecule has 0 atom stereocenters. The highest BCUT2D eigenvalue weighted by Crippen LogP contribution is 2.16. The monoisotopic (exact) mass is 489 g/mol. The first-order chi connectivity index (χ1) is 15.2. The molecule has 0 heterocycles. The fraction of sp³-hybridized carbons (Fsp3) is 0.500. The van der Waals surface area contributed by atoms with E-state index in [-0.39, 0.29) is 23.8 Å². The highest BCUT2D eigenvalue weighted by Gasteiger charge is 2.36. The number of hydrogen-bond acceptors (Lipinski definition) is 9. The van der Waals surface area contributed by atoms with Gasteiger partial charge >= 0.3 is 24.9 Å². The van der Waals surface area contributed by atoms with Gasteiger partial charge in [-0.1, -0.05) is 18.2 Å². The van der Waals surface area contributed by atoms with Crippen LogP contribution in [0, 0.1) is 0 Å². The number of rotatable bonds is 16. The van der Waals surface area contributed by atoms with Gasteiger partial charge in [0.15, 0.2) is 0 Å². The maximum Gasteiger partial charge on any atom is 0.500 e. The topological polar surface area (TPSA) is 126 Å². The Labute approximate surface area is 190 Å². The third-order valence-electron chi connectivity index (χ3n) is 4.42. The zero-order chi connectivity index (χ0) is 24.0. The molecule has 0 aliphatic carbocycles. The Balaban J connectivity index is 2.21. The minimum absolute atomic E-state index is 0.00349. The average molecular weight is 490 g/mol. The van der Waals surface area contributed by atoms with Crippen LogP contribution in [0.25, 0.3) is 0 Å². The number of amides is 1. The van der Waals surface area contributed by atoms with E-state index in [2.05, 4.69) is 11.9 Å². The molecule has 0 aliphatic rings. The van der Waals surface area contributed by atoms with Crippen molar-refractivity contribution in [1.29, 1.82) is 0 Å². The Morgan fingerprint density at radius 1 is 1.00 bits per heavy atom. The molecule has 12 heteroatoms. The molecular formula is C20H31NO9SSi. The van der Waals surface area contributed by atoms with Gasteiger partial charge in [0, 0.05) is 40.3 Å². The van der Waals surface area contributed by atoms with Gasteiger partial charge in [0.25, 0.3) is 0 Å². The molecule has 1 amide bonds. The molecule has 0 fully saturated rings. The van der Waals surface area contributed by atoms with Crippen molar-refractivity contribution in [1.82, 2.24) is 5.32 Å². The molecular weight excluding hydrogens is 458 g/mol. The number of ether oxygens (including phenoxy) is 1. The standard InChI is InChI=1S/C20H31NO9SSi/c1-17(30-31(24,25)18-11-6-5-7-12-18)20(23)29-15-9-8-13-19(22)21-14-10-16-32(26-2,27-3)28-4/h5-7,11-12H,1,8-10,13-16H2,2-4H3,(H,21,22). The highest BCUT2D eigenvalue weighted by molar-refractivity contribution is 7.86. The van der Waals surface area contributed by atoms with Crippen molar-refractivity contribution in [2.24, 2.45) is 0 Å². The molecule has 0 unspecified atom stereocenters. The predicted octanol–water partition coefficient (Wildman–Crippen LogP) is 2.00. The van der Waals surface area contributed by atoms with Crippen LogP contribution in [0.15, 0.2) is 47.6 Å². The molecule has 0 radical (unpaired) electrons. The number of carbonyl (C=O) groups excluding carboxylic acids is 2. The molecule has 1 aromatic carbocycles. The molecule has 32 heavy (non-hydrogen) atoms. The van der Waals surface area contributed by atoms with E-state index in [1.807, 2.05) is 0 Å². The maximum absolute atomic E-state index is 12.1. The van der Waals surface area contributed by atoms with Gasteiger partial charge in [0.2, 0.25) is 11.7 Å². The van der Waals surface area contributed by atoms with Gasteiger partial charge < -0.3 is 27.5 Å². The van der Waals surface area contributed by atoms with E-state index < -0.39 is 30.7 Å². The van der Waals surface area contributed by atoms with Crippen molar-refractivity contribution in [3.63, 3.8) is 0 Å². The molecule has 1 rings (SSSR count). The zero-order valence-corrected chi connectivity index (χ0v) is 20.4. The van der Waals surface area contributed by atoms with Crippen molar-refractivity contribution < 1.29 is 40.2 Å². The van der Waals surface area contributed by atoms with Gasteiger partial charge in [-0.2, -0.15) is 8.42 Å². The number of unbranched alkanes of at least 4 members (excludes halogenated alkanes) is 1. The van der Waals surface area contributed by atoms with Crippen LogP contribution in [0.4, 0.5) is 0 Å². The van der Waals surface area contributed by atoms with Gasteiger partial charge in [-0.05, 0) is 38.0 Å². The Morgan fingerprint density at radius 3 is 2.22 bits per heavy atom. The molecule has 0 saturated heterocycles. The molecule has 0 saturated carbocycles. The second-order valence-corrected chi connectivity index (χ2v) is 11.3. The normalized spacial score (nSPS) is 11.6. The SMILES string of the molecule is C=C(OS(=O)(=O)c1ccccc1)C(=O)OCCCCC(=O)NCCC[Si](OC)(OC)OC. The van der Waals surface area contributed by atoms with Crippen LogP contribution in [0.3, 0.4) is 0 Å². The van der Waals surface area contributed by atoms with Crippen LogP contribution in [-0.4, -0.2) is 63.6 Å². The Morgan fingerprint density at radius 2 is 1.62 bits per heavy atom. The molecule has 10 nitrogen and oxygen atoms in total. The Kier molecular flexibility index (Phi) is 12.2. The van der Waals surface area contributed by atoms with E-state index in [1.54, 1.807) is 6.07 Å². The van der Waals surface area contributed by atoms with Crippen LogP contribution in [0.2, 0.25) is 6.04 Å². The van der Waals surface area contributed by atoms with Gasteiger partial charge in [0.05, 0.1) is 6.61 Å². The van der Waals surface area contributed by atoms with Crippen molar-refractivity contribution in [2.45, 2.75) is 36.6 Å². The summed E-state index contributed by atoms with van der Waals surface area (Å²) in [7, 11) is -2.18. The van der Waals surface area contributed by atoms with Gasteiger partial charge in [0.1, 0.15) is 4.90 Å². The first-order valence-corrected chi connectivity index (χ1v) is 13.3. The molecule has 0 spiro atoms. The predicted molar refractivity (Wildman–Crippen MR) is 118 cm³/mol. The summed E-state index contributed by atoms with van der Waals surface area (Å²) in [6, 6.07) is 7.97. The molecule has 1 aromatic rings. The van der Waals surface area contributed by atoms with Crippen molar-refractivity contribution in [2.75, 3.05) is 34.5 Å².